The maximum atomic E-state index is 12.1. The predicted octanol–water partition coefficient (Wildman–Crippen LogP) is 2.83. The van der Waals surface area contributed by atoms with Crippen LogP contribution in [0.1, 0.15) is 57.1 Å². The topological polar surface area (TPSA) is 61.4 Å². The van der Waals surface area contributed by atoms with Crippen LogP contribution in [0.2, 0.25) is 0 Å². The summed E-state index contributed by atoms with van der Waals surface area (Å²) in [6, 6.07) is 9.72. The van der Waals surface area contributed by atoms with E-state index in [0.29, 0.717) is 18.1 Å². The van der Waals surface area contributed by atoms with Crippen molar-refractivity contribution in [1.82, 2.24) is 10.6 Å². The van der Waals surface area contributed by atoms with Crippen LogP contribution in [0.4, 0.5) is 0 Å². The molecule has 0 aliphatic heterocycles. The van der Waals surface area contributed by atoms with Crippen LogP contribution < -0.4 is 10.6 Å². The number of ketones is 1. The van der Waals surface area contributed by atoms with Crippen molar-refractivity contribution in [1.29, 1.82) is 0 Å². The molecule has 4 heteroatoms. The van der Waals surface area contributed by atoms with Crippen LogP contribution in [-0.2, 0) is 4.79 Å². The van der Waals surface area contributed by atoms with Gasteiger partial charge < -0.3 is 15.7 Å². The van der Waals surface area contributed by atoms with Crippen molar-refractivity contribution in [3.05, 3.63) is 35.9 Å². The van der Waals surface area contributed by atoms with Crippen molar-refractivity contribution in [2.24, 2.45) is 5.92 Å². The fraction of sp³-hybridized carbons (Fsp3) is 0.650. The number of nitrogens with one attached hydrogen (secondary N) is 2. The Kier molecular flexibility index (Phi) is 8.43. The number of aliphatic hydroxyl groups is 1. The van der Waals surface area contributed by atoms with Crippen molar-refractivity contribution in [2.45, 2.75) is 57.6 Å². The van der Waals surface area contributed by atoms with E-state index in [0.717, 1.165) is 38.0 Å². The van der Waals surface area contributed by atoms with Crippen LogP contribution in [0.25, 0.3) is 0 Å². The normalized spacial score (nSPS) is 18.2. The van der Waals surface area contributed by atoms with Gasteiger partial charge in [-0.25, -0.2) is 0 Å². The summed E-state index contributed by atoms with van der Waals surface area (Å²) in [6.45, 7) is 4.34. The highest BCUT2D eigenvalue weighted by Crippen LogP contribution is 2.25. The van der Waals surface area contributed by atoms with Crippen LogP contribution in [0.15, 0.2) is 30.3 Å². The third kappa shape index (κ3) is 6.34. The zero-order valence-corrected chi connectivity index (χ0v) is 14.8. The van der Waals surface area contributed by atoms with Crippen LogP contribution in [0, 0.1) is 5.92 Å². The molecule has 0 radical (unpaired) electrons. The molecular weight excluding hydrogens is 300 g/mol. The third-order valence-electron chi connectivity index (χ3n) is 4.99. The minimum atomic E-state index is -0.501. The van der Waals surface area contributed by atoms with E-state index in [1.165, 1.54) is 19.3 Å². The molecule has 3 N–H and O–H groups in total. The zero-order valence-electron chi connectivity index (χ0n) is 14.8. The van der Waals surface area contributed by atoms with Crippen LogP contribution in [0.3, 0.4) is 0 Å². The number of carbonyl (C=O) groups excluding carboxylic acids is 1. The summed E-state index contributed by atoms with van der Waals surface area (Å²) in [4.78, 5) is 12.1. The molecule has 0 amide bonds. The number of benzene rings is 1. The summed E-state index contributed by atoms with van der Waals surface area (Å²) < 4.78 is 0. The van der Waals surface area contributed by atoms with E-state index in [1.807, 2.05) is 37.3 Å². The molecule has 0 heterocycles. The number of hydrogen-bond acceptors (Lipinski definition) is 4. The number of rotatable bonds is 10. The first-order chi connectivity index (χ1) is 11.7. The van der Waals surface area contributed by atoms with Gasteiger partial charge >= 0.3 is 0 Å². The highest BCUT2D eigenvalue weighted by atomic mass is 16.3. The molecule has 0 bridgehead atoms. The predicted molar refractivity (Wildman–Crippen MR) is 97.9 cm³/mol. The number of hydrogen-bond donors (Lipinski definition) is 3. The molecule has 0 saturated heterocycles. The first-order valence-corrected chi connectivity index (χ1v) is 9.38. The lowest BCUT2D eigenvalue weighted by atomic mass is 9.85. The van der Waals surface area contributed by atoms with Gasteiger partial charge in [0.1, 0.15) is 5.78 Å². The van der Waals surface area contributed by atoms with Crippen molar-refractivity contribution in [2.75, 3.05) is 19.6 Å². The minimum Gasteiger partial charge on any atom is -0.387 e. The van der Waals surface area contributed by atoms with Gasteiger partial charge in [-0.3, -0.25) is 4.79 Å². The summed E-state index contributed by atoms with van der Waals surface area (Å²) in [5, 5.41) is 16.9. The van der Waals surface area contributed by atoms with Gasteiger partial charge in [0.05, 0.1) is 6.10 Å². The molecule has 1 aliphatic rings. The van der Waals surface area contributed by atoms with Gasteiger partial charge in [0, 0.05) is 38.0 Å². The largest absolute Gasteiger partial charge is 0.387 e. The van der Waals surface area contributed by atoms with E-state index >= 15 is 0 Å². The monoisotopic (exact) mass is 332 g/mol. The fourth-order valence-corrected chi connectivity index (χ4v) is 3.40. The van der Waals surface area contributed by atoms with Gasteiger partial charge in [-0.1, -0.05) is 49.6 Å². The molecule has 24 heavy (non-hydrogen) atoms. The summed E-state index contributed by atoms with van der Waals surface area (Å²) in [5.41, 5.74) is 0.934. The lowest BCUT2D eigenvalue weighted by molar-refractivity contribution is -0.123. The molecule has 0 aromatic heterocycles. The Morgan fingerprint density at radius 2 is 1.83 bits per heavy atom. The van der Waals surface area contributed by atoms with Crippen LogP contribution >= 0.6 is 0 Å². The molecule has 1 aromatic carbocycles. The molecule has 4 nitrogen and oxygen atoms in total. The van der Waals surface area contributed by atoms with Gasteiger partial charge in [0.25, 0.3) is 0 Å². The Balaban J connectivity index is 1.53. The molecule has 0 spiro atoms. The maximum Gasteiger partial charge on any atom is 0.137 e. The quantitative estimate of drug-likeness (QED) is 0.577. The molecule has 2 rings (SSSR count). The van der Waals surface area contributed by atoms with E-state index in [2.05, 4.69) is 10.6 Å². The van der Waals surface area contributed by atoms with Gasteiger partial charge in [0.2, 0.25) is 0 Å². The summed E-state index contributed by atoms with van der Waals surface area (Å²) in [5.74, 6) is 0.753. The van der Waals surface area contributed by atoms with Crippen LogP contribution in [-0.4, -0.2) is 36.6 Å². The second-order valence-corrected chi connectivity index (χ2v) is 6.90. The SMILES string of the molecule is CC(NCCNCCC(=O)C1CCCCC1)C(O)c1ccccc1. The van der Waals surface area contributed by atoms with Crippen molar-refractivity contribution in [3.8, 4) is 0 Å². The van der Waals surface area contributed by atoms with E-state index in [9.17, 15) is 9.90 Å². The third-order valence-corrected chi connectivity index (χ3v) is 4.99. The lowest BCUT2D eigenvalue weighted by Gasteiger charge is -2.21. The van der Waals surface area contributed by atoms with E-state index < -0.39 is 6.10 Å². The maximum absolute atomic E-state index is 12.1. The number of Topliss-reactive ketones (excluding diaryl/α,β-unsaturated/α-hetero) is 1. The summed E-state index contributed by atoms with van der Waals surface area (Å²) in [7, 11) is 0. The Labute approximate surface area is 146 Å². The van der Waals surface area contributed by atoms with Crippen molar-refractivity contribution >= 4 is 5.78 Å². The molecule has 2 unspecified atom stereocenters. The molecule has 1 aliphatic carbocycles. The Morgan fingerprint density at radius 1 is 1.12 bits per heavy atom. The second kappa shape index (κ2) is 10.6. The lowest BCUT2D eigenvalue weighted by Crippen LogP contribution is -2.37. The smallest absolute Gasteiger partial charge is 0.137 e. The molecule has 134 valence electrons. The molecule has 1 fully saturated rings. The van der Waals surface area contributed by atoms with Crippen LogP contribution in [0.5, 0.6) is 0 Å². The van der Waals surface area contributed by atoms with E-state index in [4.69, 9.17) is 0 Å². The van der Waals surface area contributed by atoms with Crippen molar-refractivity contribution in [3.63, 3.8) is 0 Å². The van der Waals surface area contributed by atoms with Crippen molar-refractivity contribution < 1.29 is 9.90 Å². The summed E-state index contributed by atoms with van der Waals surface area (Å²) in [6.07, 6.45) is 6.06. The number of aliphatic hydroxyl groups excluding tert-OH is 1. The first-order valence-electron chi connectivity index (χ1n) is 9.38. The Bertz CT molecular complexity index is 472. The Hall–Kier alpha value is -1.23. The first kappa shape index (κ1) is 19.1. The average Bonchev–Trinajstić information content (AvgIpc) is 2.65. The fourth-order valence-electron chi connectivity index (χ4n) is 3.40. The molecule has 1 saturated carbocycles. The summed E-state index contributed by atoms with van der Waals surface area (Å²) >= 11 is 0. The van der Waals surface area contributed by atoms with Gasteiger partial charge in [0.15, 0.2) is 0 Å². The highest BCUT2D eigenvalue weighted by Gasteiger charge is 2.20. The van der Waals surface area contributed by atoms with E-state index in [1.54, 1.807) is 0 Å². The molecule has 2 atom stereocenters. The molecule has 1 aromatic rings. The standard InChI is InChI=1S/C20H32N2O2/c1-16(20(24)18-10-6-3-7-11-18)22-15-14-21-13-12-19(23)17-8-4-2-5-9-17/h3,6-7,10-11,16-17,20-22,24H,2,4-5,8-9,12-15H2,1H3. The molecular formula is C20H32N2O2. The highest BCUT2D eigenvalue weighted by molar-refractivity contribution is 5.81. The number of carbonyl (C=O) groups is 1. The van der Waals surface area contributed by atoms with Gasteiger partial charge in [-0.2, -0.15) is 0 Å². The van der Waals surface area contributed by atoms with Gasteiger partial charge in [-0.05, 0) is 25.3 Å². The second-order valence-electron chi connectivity index (χ2n) is 6.90. The minimum absolute atomic E-state index is 0.00179. The van der Waals surface area contributed by atoms with Gasteiger partial charge in [-0.15, -0.1) is 0 Å². The zero-order chi connectivity index (χ0) is 17.2. The average molecular weight is 332 g/mol. The van der Waals surface area contributed by atoms with E-state index in [-0.39, 0.29) is 6.04 Å². The Morgan fingerprint density at radius 3 is 2.54 bits per heavy atom.